The molecule has 0 spiro atoms. The summed E-state index contributed by atoms with van der Waals surface area (Å²) >= 11 is 0. The number of anilines is 2. The zero-order valence-electron chi connectivity index (χ0n) is 13.5. The van der Waals surface area contributed by atoms with Gasteiger partial charge in [-0.15, -0.1) is 0 Å². The molecule has 1 aliphatic carbocycles. The number of nitrogens with zero attached hydrogens (tertiary/aromatic N) is 3. The lowest BCUT2D eigenvalue weighted by Crippen LogP contribution is -2.34. The Balaban J connectivity index is 2.29. The molecule has 112 valence electrons. The molecule has 0 aromatic carbocycles. The molecule has 2 rings (SSSR count). The van der Waals surface area contributed by atoms with Crippen molar-refractivity contribution in [1.29, 1.82) is 0 Å². The first-order valence-corrected chi connectivity index (χ1v) is 7.88. The van der Waals surface area contributed by atoms with Crippen LogP contribution >= 0.6 is 0 Å². The summed E-state index contributed by atoms with van der Waals surface area (Å²) in [6, 6.07) is 0.475. The number of aromatic nitrogens is 2. The summed E-state index contributed by atoms with van der Waals surface area (Å²) in [5, 5.41) is 3.43. The molecule has 1 fully saturated rings. The molecule has 0 radical (unpaired) electrons. The molecule has 0 unspecified atom stereocenters. The molecule has 0 aliphatic heterocycles. The van der Waals surface area contributed by atoms with Gasteiger partial charge in [0.2, 0.25) is 0 Å². The molecule has 0 bridgehead atoms. The van der Waals surface area contributed by atoms with E-state index in [9.17, 15) is 0 Å². The average molecular weight is 276 g/mol. The van der Waals surface area contributed by atoms with Crippen LogP contribution in [0.2, 0.25) is 0 Å². The quantitative estimate of drug-likeness (QED) is 0.827. The number of nitrogens with one attached hydrogen (secondary N) is 1. The second-order valence-corrected chi connectivity index (χ2v) is 6.18. The lowest BCUT2D eigenvalue weighted by Gasteiger charge is -2.30. The third kappa shape index (κ3) is 3.62. The van der Waals surface area contributed by atoms with Crippen LogP contribution in [-0.2, 0) is 0 Å². The van der Waals surface area contributed by atoms with E-state index in [0.717, 1.165) is 42.9 Å². The Kier molecular flexibility index (Phi) is 4.84. The molecular weight excluding hydrogens is 248 g/mol. The lowest BCUT2D eigenvalue weighted by molar-refractivity contribution is 0.632. The van der Waals surface area contributed by atoms with Crippen molar-refractivity contribution in [2.24, 2.45) is 5.92 Å². The summed E-state index contributed by atoms with van der Waals surface area (Å²) in [6.45, 7) is 12.9. The Bertz CT molecular complexity index is 452. The maximum absolute atomic E-state index is 4.72. The molecule has 4 heteroatoms. The van der Waals surface area contributed by atoms with E-state index in [-0.39, 0.29) is 0 Å². The summed E-state index contributed by atoms with van der Waals surface area (Å²) in [7, 11) is 0. The Morgan fingerprint density at radius 2 is 1.95 bits per heavy atom. The molecule has 1 heterocycles. The predicted octanol–water partition coefficient (Wildman–Crippen LogP) is 3.54. The highest BCUT2D eigenvalue weighted by atomic mass is 15.2. The van der Waals surface area contributed by atoms with Crippen LogP contribution in [0.25, 0.3) is 0 Å². The summed E-state index contributed by atoms with van der Waals surface area (Å²) in [5.74, 6) is 3.82. The first-order chi connectivity index (χ1) is 9.52. The number of rotatable bonds is 7. The van der Waals surface area contributed by atoms with Crippen LogP contribution in [0.15, 0.2) is 0 Å². The Labute approximate surface area is 123 Å². The highest BCUT2D eigenvalue weighted by Gasteiger charge is 2.27. The fourth-order valence-electron chi connectivity index (χ4n) is 2.43. The molecule has 1 aliphatic rings. The summed E-state index contributed by atoms with van der Waals surface area (Å²) in [5.41, 5.74) is 1.18. The van der Waals surface area contributed by atoms with Crippen LogP contribution in [-0.4, -0.2) is 29.1 Å². The van der Waals surface area contributed by atoms with Crippen molar-refractivity contribution in [3.63, 3.8) is 0 Å². The third-order valence-electron chi connectivity index (χ3n) is 3.82. The van der Waals surface area contributed by atoms with Crippen LogP contribution in [0, 0.1) is 19.8 Å². The predicted molar refractivity (Wildman–Crippen MR) is 85.5 cm³/mol. The maximum Gasteiger partial charge on any atom is 0.137 e. The van der Waals surface area contributed by atoms with E-state index in [4.69, 9.17) is 4.98 Å². The molecule has 1 aromatic heterocycles. The van der Waals surface area contributed by atoms with Crippen molar-refractivity contribution >= 4 is 11.6 Å². The van der Waals surface area contributed by atoms with Gasteiger partial charge in [0.05, 0.1) is 0 Å². The van der Waals surface area contributed by atoms with Gasteiger partial charge < -0.3 is 10.2 Å². The van der Waals surface area contributed by atoms with Crippen molar-refractivity contribution in [2.75, 3.05) is 23.3 Å². The molecule has 0 atom stereocenters. The largest absolute Gasteiger partial charge is 0.370 e. The highest BCUT2D eigenvalue weighted by Crippen LogP contribution is 2.33. The van der Waals surface area contributed by atoms with Crippen LogP contribution in [0.1, 0.15) is 51.4 Å². The van der Waals surface area contributed by atoms with Gasteiger partial charge in [-0.05, 0) is 52.9 Å². The maximum atomic E-state index is 4.72. The van der Waals surface area contributed by atoms with E-state index >= 15 is 0 Å². The van der Waals surface area contributed by atoms with Crippen LogP contribution < -0.4 is 10.2 Å². The normalized spacial score (nSPS) is 14.7. The van der Waals surface area contributed by atoms with Crippen molar-refractivity contribution < 1.29 is 0 Å². The second-order valence-electron chi connectivity index (χ2n) is 6.18. The van der Waals surface area contributed by atoms with Crippen molar-refractivity contribution in [1.82, 2.24) is 9.97 Å². The molecule has 4 nitrogen and oxygen atoms in total. The van der Waals surface area contributed by atoms with Gasteiger partial charge >= 0.3 is 0 Å². The van der Waals surface area contributed by atoms with E-state index in [0.29, 0.717) is 6.04 Å². The van der Waals surface area contributed by atoms with Gasteiger partial charge in [-0.2, -0.15) is 0 Å². The third-order valence-corrected chi connectivity index (χ3v) is 3.82. The molecule has 1 aromatic rings. The molecule has 1 N–H and O–H groups in total. The topological polar surface area (TPSA) is 41.1 Å². The van der Waals surface area contributed by atoms with Crippen molar-refractivity contribution in [3.8, 4) is 0 Å². The fourth-order valence-corrected chi connectivity index (χ4v) is 2.43. The number of aryl methyl sites for hydroxylation is 1. The van der Waals surface area contributed by atoms with E-state index in [1.165, 1.54) is 18.4 Å². The van der Waals surface area contributed by atoms with E-state index < -0.39 is 0 Å². The zero-order valence-corrected chi connectivity index (χ0v) is 13.5. The fraction of sp³-hybridized carbons (Fsp3) is 0.750. The SMILES string of the molecule is CCCNc1nc(C)nc(N(CC2CC2)C(C)C)c1C. The molecule has 1 saturated carbocycles. The lowest BCUT2D eigenvalue weighted by atomic mass is 10.2. The Morgan fingerprint density at radius 1 is 1.25 bits per heavy atom. The molecule has 0 amide bonds. The number of hydrogen-bond donors (Lipinski definition) is 1. The van der Waals surface area contributed by atoms with Gasteiger partial charge in [0.1, 0.15) is 17.5 Å². The minimum absolute atomic E-state index is 0.475. The zero-order chi connectivity index (χ0) is 14.7. The Morgan fingerprint density at radius 3 is 2.50 bits per heavy atom. The van der Waals surface area contributed by atoms with Gasteiger partial charge in [0.15, 0.2) is 0 Å². The van der Waals surface area contributed by atoms with E-state index in [2.05, 4.69) is 42.9 Å². The van der Waals surface area contributed by atoms with Gasteiger partial charge in [-0.25, -0.2) is 9.97 Å². The Hall–Kier alpha value is -1.32. The minimum atomic E-state index is 0.475. The molecular formula is C16H28N4. The minimum Gasteiger partial charge on any atom is -0.370 e. The van der Waals surface area contributed by atoms with Crippen molar-refractivity contribution in [3.05, 3.63) is 11.4 Å². The number of hydrogen-bond acceptors (Lipinski definition) is 4. The molecule has 20 heavy (non-hydrogen) atoms. The monoisotopic (exact) mass is 276 g/mol. The van der Waals surface area contributed by atoms with Gasteiger partial charge in [-0.1, -0.05) is 6.92 Å². The van der Waals surface area contributed by atoms with Crippen LogP contribution in [0.4, 0.5) is 11.6 Å². The standard InChI is InChI=1S/C16H28N4/c1-6-9-17-15-12(4)16(19-13(5)18-15)20(11(2)3)10-14-7-8-14/h11,14H,6-10H2,1-5H3,(H,17,18,19). The smallest absolute Gasteiger partial charge is 0.137 e. The van der Waals surface area contributed by atoms with Gasteiger partial charge in [0, 0.05) is 24.7 Å². The molecule has 0 saturated heterocycles. The highest BCUT2D eigenvalue weighted by molar-refractivity contribution is 5.59. The van der Waals surface area contributed by atoms with E-state index in [1.54, 1.807) is 0 Å². The van der Waals surface area contributed by atoms with Gasteiger partial charge in [0.25, 0.3) is 0 Å². The van der Waals surface area contributed by atoms with Gasteiger partial charge in [-0.3, -0.25) is 0 Å². The first-order valence-electron chi connectivity index (χ1n) is 7.88. The first kappa shape index (κ1) is 15.1. The van der Waals surface area contributed by atoms with Crippen LogP contribution in [0.5, 0.6) is 0 Å². The van der Waals surface area contributed by atoms with E-state index in [1.807, 2.05) is 6.92 Å². The summed E-state index contributed by atoms with van der Waals surface area (Å²) in [6.07, 6.45) is 3.84. The summed E-state index contributed by atoms with van der Waals surface area (Å²) in [4.78, 5) is 11.7. The van der Waals surface area contributed by atoms with Crippen molar-refractivity contribution in [2.45, 2.75) is 59.9 Å². The average Bonchev–Trinajstić information content (AvgIpc) is 3.20. The second kappa shape index (κ2) is 6.42. The van der Waals surface area contributed by atoms with Crippen LogP contribution in [0.3, 0.4) is 0 Å². The summed E-state index contributed by atoms with van der Waals surface area (Å²) < 4.78 is 0.